The van der Waals surface area contributed by atoms with Gasteiger partial charge in [-0.25, -0.2) is 0 Å². The first-order chi connectivity index (χ1) is 8.29. The van der Waals surface area contributed by atoms with Crippen molar-refractivity contribution in [2.75, 3.05) is 25.4 Å². The average Bonchev–Trinajstić information content (AvgIpc) is 2.82. The number of thioether (sulfide) groups is 1. The molecule has 17 heavy (non-hydrogen) atoms. The molecule has 2 nitrogen and oxygen atoms in total. The van der Waals surface area contributed by atoms with Crippen LogP contribution in [0.5, 0.6) is 0 Å². The summed E-state index contributed by atoms with van der Waals surface area (Å²) in [5, 5.41) is 4.61. The second-order valence-corrected chi connectivity index (χ2v) is 7.06. The molecule has 3 unspecified atom stereocenters. The molecule has 0 radical (unpaired) electrons. The number of nitrogens with one attached hydrogen (secondary N) is 1. The predicted octanol–water partition coefficient (Wildman–Crippen LogP) is 2.73. The van der Waals surface area contributed by atoms with Gasteiger partial charge in [-0.15, -0.1) is 0 Å². The van der Waals surface area contributed by atoms with Crippen LogP contribution >= 0.6 is 11.8 Å². The van der Waals surface area contributed by atoms with Crippen molar-refractivity contribution in [1.82, 2.24) is 10.2 Å². The molecule has 100 valence electrons. The monoisotopic (exact) mass is 256 g/mol. The lowest BCUT2D eigenvalue weighted by atomic mass is 9.97. The van der Waals surface area contributed by atoms with E-state index >= 15 is 0 Å². The highest BCUT2D eigenvalue weighted by Gasteiger charge is 2.27. The fraction of sp³-hybridized carbons (Fsp3) is 1.00. The van der Waals surface area contributed by atoms with Crippen molar-refractivity contribution in [2.24, 2.45) is 0 Å². The maximum absolute atomic E-state index is 3.68. The molecule has 0 spiro atoms. The number of hydrogen-bond acceptors (Lipinski definition) is 3. The van der Waals surface area contributed by atoms with Crippen LogP contribution < -0.4 is 5.32 Å². The van der Waals surface area contributed by atoms with Crippen LogP contribution in [0.2, 0.25) is 0 Å². The summed E-state index contributed by atoms with van der Waals surface area (Å²) in [7, 11) is 0. The summed E-state index contributed by atoms with van der Waals surface area (Å²) in [6, 6.07) is 1.55. The Morgan fingerprint density at radius 1 is 1.35 bits per heavy atom. The number of hydrogen-bond donors (Lipinski definition) is 1. The quantitative estimate of drug-likeness (QED) is 0.814. The summed E-state index contributed by atoms with van der Waals surface area (Å²) in [5.41, 5.74) is 0. The number of rotatable bonds is 5. The molecule has 2 aliphatic heterocycles. The normalized spacial score (nSPS) is 35.3. The van der Waals surface area contributed by atoms with E-state index in [1.807, 2.05) is 0 Å². The third-order valence-electron chi connectivity index (χ3n) is 4.16. The Labute approximate surface area is 111 Å². The maximum atomic E-state index is 3.68. The lowest BCUT2D eigenvalue weighted by molar-refractivity contribution is 0.136. The summed E-state index contributed by atoms with van der Waals surface area (Å²) in [4.78, 5) is 2.73. The fourth-order valence-electron chi connectivity index (χ4n) is 3.08. The lowest BCUT2D eigenvalue weighted by Crippen LogP contribution is -2.49. The standard InChI is InChI=1S/C14H28N2S/c1-3-7-15-13-6-8-16(12(2)10-13)11-14-5-4-9-17-14/h12-15H,3-11H2,1-2H3. The molecule has 2 fully saturated rings. The minimum absolute atomic E-state index is 0.775. The Morgan fingerprint density at radius 3 is 2.88 bits per heavy atom. The molecule has 2 heterocycles. The second kappa shape index (κ2) is 7.01. The van der Waals surface area contributed by atoms with E-state index < -0.39 is 0 Å². The first kappa shape index (κ1) is 13.7. The van der Waals surface area contributed by atoms with Gasteiger partial charge >= 0.3 is 0 Å². The highest BCUT2D eigenvalue weighted by Crippen LogP contribution is 2.28. The molecule has 0 aliphatic carbocycles. The van der Waals surface area contributed by atoms with E-state index in [1.165, 1.54) is 57.5 Å². The Hall–Kier alpha value is 0.270. The van der Waals surface area contributed by atoms with E-state index in [4.69, 9.17) is 0 Å². The van der Waals surface area contributed by atoms with Crippen LogP contribution in [0, 0.1) is 0 Å². The van der Waals surface area contributed by atoms with Crippen LogP contribution in [0.4, 0.5) is 0 Å². The van der Waals surface area contributed by atoms with Crippen molar-refractivity contribution >= 4 is 11.8 Å². The first-order valence-corrected chi connectivity index (χ1v) is 8.43. The van der Waals surface area contributed by atoms with Gasteiger partial charge in [-0.1, -0.05) is 6.92 Å². The van der Waals surface area contributed by atoms with Crippen molar-refractivity contribution in [2.45, 2.75) is 63.3 Å². The predicted molar refractivity (Wildman–Crippen MR) is 77.8 cm³/mol. The summed E-state index contributed by atoms with van der Waals surface area (Å²) in [6.07, 6.45) is 6.84. The van der Waals surface area contributed by atoms with Gasteiger partial charge in [-0.05, 0) is 57.9 Å². The topological polar surface area (TPSA) is 15.3 Å². The fourth-order valence-corrected chi connectivity index (χ4v) is 4.37. The maximum Gasteiger partial charge on any atom is 0.0175 e. The molecule has 3 atom stereocenters. The third kappa shape index (κ3) is 4.15. The Kier molecular flexibility index (Phi) is 5.64. The van der Waals surface area contributed by atoms with Gasteiger partial charge in [0.15, 0.2) is 0 Å². The van der Waals surface area contributed by atoms with E-state index in [0.29, 0.717) is 0 Å². The molecule has 2 saturated heterocycles. The largest absolute Gasteiger partial charge is 0.314 e. The smallest absolute Gasteiger partial charge is 0.0175 e. The zero-order valence-corrected chi connectivity index (χ0v) is 12.3. The molecule has 0 bridgehead atoms. The number of piperidine rings is 1. The minimum atomic E-state index is 0.775. The molecule has 1 N–H and O–H groups in total. The van der Waals surface area contributed by atoms with Gasteiger partial charge in [0.1, 0.15) is 0 Å². The molecule has 0 aromatic carbocycles. The van der Waals surface area contributed by atoms with Crippen LogP contribution in [0.3, 0.4) is 0 Å². The Morgan fingerprint density at radius 2 is 2.24 bits per heavy atom. The highest BCUT2D eigenvalue weighted by atomic mass is 32.2. The number of nitrogens with zero attached hydrogens (tertiary/aromatic N) is 1. The van der Waals surface area contributed by atoms with Crippen molar-refractivity contribution in [3.05, 3.63) is 0 Å². The summed E-state index contributed by atoms with van der Waals surface area (Å²) >= 11 is 2.20. The molecular formula is C14H28N2S. The zero-order valence-electron chi connectivity index (χ0n) is 11.5. The van der Waals surface area contributed by atoms with E-state index in [2.05, 4.69) is 35.8 Å². The van der Waals surface area contributed by atoms with Crippen molar-refractivity contribution in [3.63, 3.8) is 0 Å². The molecule has 2 rings (SSSR count). The molecule has 0 amide bonds. The summed E-state index contributed by atoms with van der Waals surface area (Å²) in [6.45, 7) is 8.50. The van der Waals surface area contributed by atoms with Crippen LogP contribution in [-0.4, -0.2) is 47.6 Å². The van der Waals surface area contributed by atoms with Gasteiger partial charge < -0.3 is 5.32 Å². The van der Waals surface area contributed by atoms with E-state index in [-0.39, 0.29) is 0 Å². The van der Waals surface area contributed by atoms with Gasteiger partial charge in [0.2, 0.25) is 0 Å². The van der Waals surface area contributed by atoms with Gasteiger partial charge in [-0.3, -0.25) is 4.90 Å². The van der Waals surface area contributed by atoms with Crippen LogP contribution in [0.25, 0.3) is 0 Å². The molecule has 0 saturated carbocycles. The van der Waals surface area contributed by atoms with E-state index in [1.54, 1.807) is 0 Å². The average molecular weight is 256 g/mol. The van der Waals surface area contributed by atoms with Crippen LogP contribution in [0.1, 0.15) is 46.0 Å². The van der Waals surface area contributed by atoms with E-state index in [9.17, 15) is 0 Å². The van der Waals surface area contributed by atoms with Crippen LogP contribution in [-0.2, 0) is 0 Å². The SMILES string of the molecule is CCCNC1CCN(CC2CCCS2)C(C)C1. The first-order valence-electron chi connectivity index (χ1n) is 7.38. The van der Waals surface area contributed by atoms with Crippen molar-refractivity contribution in [3.8, 4) is 0 Å². The van der Waals surface area contributed by atoms with Crippen LogP contribution in [0.15, 0.2) is 0 Å². The second-order valence-electron chi connectivity index (χ2n) is 5.65. The Bertz CT molecular complexity index is 216. The molecule has 0 aromatic rings. The van der Waals surface area contributed by atoms with Gasteiger partial charge in [0.05, 0.1) is 0 Å². The molecule has 2 aliphatic rings. The highest BCUT2D eigenvalue weighted by molar-refractivity contribution is 8.00. The zero-order chi connectivity index (χ0) is 12.1. The Balaban J connectivity index is 1.71. The number of likely N-dealkylation sites (tertiary alicyclic amines) is 1. The molecular weight excluding hydrogens is 228 g/mol. The van der Waals surface area contributed by atoms with Gasteiger partial charge in [0.25, 0.3) is 0 Å². The summed E-state index contributed by atoms with van der Waals surface area (Å²) in [5.74, 6) is 1.40. The third-order valence-corrected chi connectivity index (χ3v) is 5.54. The molecule has 0 aromatic heterocycles. The van der Waals surface area contributed by atoms with Gasteiger partial charge in [0, 0.05) is 23.9 Å². The van der Waals surface area contributed by atoms with E-state index in [0.717, 1.165) is 17.3 Å². The minimum Gasteiger partial charge on any atom is -0.314 e. The lowest BCUT2D eigenvalue weighted by Gasteiger charge is -2.39. The summed E-state index contributed by atoms with van der Waals surface area (Å²) < 4.78 is 0. The van der Waals surface area contributed by atoms with Crippen molar-refractivity contribution in [1.29, 1.82) is 0 Å². The van der Waals surface area contributed by atoms with Crippen molar-refractivity contribution < 1.29 is 0 Å². The molecule has 3 heteroatoms. The van der Waals surface area contributed by atoms with Gasteiger partial charge in [-0.2, -0.15) is 11.8 Å².